The first-order valence-electron chi connectivity index (χ1n) is 12.1. The number of nitrogens with zero attached hydrogens (tertiary/aromatic N) is 5. The molecule has 0 atom stereocenters. The van der Waals surface area contributed by atoms with Crippen LogP contribution in [0.2, 0.25) is 0 Å². The fraction of sp³-hybridized carbons (Fsp3) is 0.308. The smallest absolute Gasteiger partial charge is 0.232 e. The van der Waals surface area contributed by atoms with Gasteiger partial charge in [0.05, 0.1) is 29.0 Å². The quantitative estimate of drug-likeness (QED) is 0.483. The third-order valence-corrected chi connectivity index (χ3v) is 7.87. The maximum atomic E-state index is 15.1. The summed E-state index contributed by atoms with van der Waals surface area (Å²) in [5, 5.41) is 6.30. The number of fused-ring (bicyclic) bond motifs is 1. The minimum atomic E-state index is -3.46. The summed E-state index contributed by atoms with van der Waals surface area (Å²) >= 11 is 0. The summed E-state index contributed by atoms with van der Waals surface area (Å²) in [5.74, 6) is 0.378. The van der Waals surface area contributed by atoms with Crippen molar-refractivity contribution in [3.8, 4) is 0 Å². The Kier molecular flexibility index (Phi) is 6.74. The summed E-state index contributed by atoms with van der Waals surface area (Å²) in [6.07, 6.45) is 5.68. The second kappa shape index (κ2) is 9.98. The zero-order valence-electron chi connectivity index (χ0n) is 21.1. The third-order valence-electron chi connectivity index (χ3n) is 6.68. The highest BCUT2D eigenvalue weighted by Crippen LogP contribution is 2.34. The Labute approximate surface area is 216 Å². The molecule has 1 aromatic heterocycles. The van der Waals surface area contributed by atoms with Crippen LogP contribution in [0.15, 0.2) is 48.5 Å². The zero-order chi connectivity index (χ0) is 26.2. The van der Waals surface area contributed by atoms with E-state index >= 15 is 4.39 Å². The molecule has 0 spiro atoms. The molecule has 1 fully saturated rings. The maximum Gasteiger partial charge on any atom is 0.232 e. The maximum absolute atomic E-state index is 15.1. The van der Waals surface area contributed by atoms with Crippen LogP contribution in [0.5, 0.6) is 0 Å². The van der Waals surface area contributed by atoms with E-state index < -0.39 is 10.0 Å². The van der Waals surface area contributed by atoms with Crippen molar-refractivity contribution in [1.82, 2.24) is 14.9 Å². The number of halogens is 1. The Morgan fingerprint density at radius 2 is 1.76 bits per heavy atom. The number of likely N-dealkylation sites (N-methyl/N-ethyl adjacent to an activating group) is 1. The number of hydrogen-bond donors (Lipinski definition) is 2. The van der Waals surface area contributed by atoms with Crippen LogP contribution in [0, 0.1) is 5.82 Å². The molecule has 3 aromatic rings. The molecule has 2 heterocycles. The number of hydrogen-bond acceptors (Lipinski definition) is 8. The summed E-state index contributed by atoms with van der Waals surface area (Å²) in [7, 11) is 0.124. The molecular weight excluding hydrogens is 493 g/mol. The highest BCUT2D eigenvalue weighted by molar-refractivity contribution is 7.92. The molecule has 2 aromatic carbocycles. The topological polar surface area (TPSA) is 93.7 Å². The monoisotopic (exact) mass is 523 g/mol. The number of piperazine rings is 1. The van der Waals surface area contributed by atoms with Crippen molar-refractivity contribution in [1.29, 1.82) is 0 Å². The number of rotatable bonds is 7. The number of sulfonamides is 1. The lowest BCUT2D eigenvalue weighted by molar-refractivity contribution is 0.313. The first-order chi connectivity index (χ1) is 17.7. The molecule has 11 heteroatoms. The van der Waals surface area contributed by atoms with Gasteiger partial charge < -0.3 is 20.4 Å². The summed E-state index contributed by atoms with van der Waals surface area (Å²) in [6, 6.07) is 12.2. The third kappa shape index (κ3) is 5.37. The normalized spacial score (nSPS) is 15.5. The van der Waals surface area contributed by atoms with Crippen molar-refractivity contribution >= 4 is 50.6 Å². The lowest BCUT2D eigenvalue weighted by Crippen LogP contribution is -2.44. The van der Waals surface area contributed by atoms with Crippen molar-refractivity contribution in [2.45, 2.75) is 6.42 Å². The predicted molar refractivity (Wildman–Crippen MR) is 147 cm³/mol. The van der Waals surface area contributed by atoms with E-state index in [4.69, 9.17) is 0 Å². The molecule has 0 bridgehead atoms. The Balaban J connectivity index is 1.42. The zero-order valence-corrected chi connectivity index (χ0v) is 21.9. The van der Waals surface area contributed by atoms with Crippen LogP contribution in [-0.2, 0) is 16.4 Å². The Bertz CT molecular complexity index is 1450. The molecule has 0 amide bonds. The number of allylic oxidation sites excluding steroid dienone is 1. The first-order valence-corrected chi connectivity index (χ1v) is 13.9. The Morgan fingerprint density at radius 1 is 1.00 bits per heavy atom. The van der Waals surface area contributed by atoms with Crippen LogP contribution in [0.1, 0.15) is 11.3 Å². The van der Waals surface area contributed by atoms with Gasteiger partial charge in [-0.15, -0.1) is 0 Å². The molecule has 1 aliphatic heterocycles. The van der Waals surface area contributed by atoms with Crippen molar-refractivity contribution in [2.24, 2.45) is 0 Å². The Morgan fingerprint density at radius 3 is 2.49 bits per heavy atom. The van der Waals surface area contributed by atoms with Crippen LogP contribution >= 0.6 is 0 Å². The van der Waals surface area contributed by atoms with Gasteiger partial charge >= 0.3 is 0 Å². The van der Waals surface area contributed by atoms with Gasteiger partial charge in [-0.2, -0.15) is 4.98 Å². The molecule has 2 aliphatic rings. The van der Waals surface area contributed by atoms with E-state index in [2.05, 4.69) is 37.4 Å². The number of anilines is 6. The second-order valence-corrected chi connectivity index (χ2v) is 11.3. The van der Waals surface area contributed by atoms with Crippen LogP contribution in [0.4, 0.5) is 38.9 Å². The van der Waals surface area contributed by atoms with E-state index in [1.165, 1.54) is 11.4 Å². The molecule has 2 N–H and O–H groups in total. The standard InChI is InChI=1S/C26H30FN7O2S/c1-32-13-15-34(16-14-32)18-11-12-22(20(27)17-18)30-26-29-21-9-6-7-19(21)25(31-26)28-23-8-4-5-10-24(23)33(2)37(3,35)36/h4-8,10-12,17H,9,13-16H2,1-3H3,(H2,28,29,30,31). The van der Waals surface area contributed by atoms with E-state index in [0.717, 1.165) is 49.4 Å². The van der Waals surface area contributed by atoms with E-state index in [1.54, 1.807) is 30.3 Å². The van der Waals surface area contributed by atoms with Crippen LogP contribution in [0.3, 0.4) is 0 Å². The van der Waals surface area contributed by atoms with Crippen LogP contribution in [0.25, 0.3) is 6.08 Å². The van der Waals surface area contributed by atoms with Crippen molar-refractivity contribution in [3.05, 3.63) is 65.6 Å². The highest BCUT2D eigenvalue weighted by Gasteiger charge is 2.21. The average molecular weight is 524 g/mol. The summed E-state index contributed by atoms with van der Waals surface area (Å²) in [4.78, 5) is 13.7. The van der Waals surface area contributed by atoms with Gasteiger partial charge in [-0.25, -0.2) is 17.8 Å². The van der Waals surface area contributed by atoms with Gasteiger partial charge in [0, 0.05) is 50.9 Å². The molecule has 194 valence electrons. The molecule has 37 heavy (non-hydrogen) atoms. The van der Waals surface area contributed by atoms with Gasteiger partial charge in [0.15, 0.2) is 0 Å². The SMILES string of the molecule is CN1CCN(c2ccc(Nc3nc4c(c(Nc5ccccc5N(C)S(C)(=O)=O)n3)C=CC4)c(F)c2)CC1. The molecule has 1 aliphatic carbocycles. The number of aromatic nitrogens is 2. The Hall–Kier alpha value is -3.70. The molecule has 9 nitrogen and oxygen atoms in total. The number of para-hydroxylation sites is 2. The molecular formula is C26H30FN7O2S. The largest absolute Gasteiger partial charge is 0.369 e. The van der Waals surface area contributed by atoms with Crippen LogP contribution < -0.4 is 19.8 Å². The van der Waals surface area contributed by atoms with Gasteiger partial charge in [-0.05, 0) is 37.4 Å². The summed E-state index contributed by atoms with van der Waals surface area (Å²) < 4.78 is 40.6. The van der Waals surface area contributed by atoms with Gasteiger partial charge in [0.2, 0.25) is 16.0 Å². The van der Waals surface area contributed by atoms with Crippen molar-refractivity contribution in [2.75, 3.05) is 66.4 Å². The fourth-order valence-electron chi connectivity index (χ4n) is 4.43. The molecule has 0 unspecified atom stereocenters. The highest BCUT2D eigenvalue weighted by atomic mass is 32.2. The van der Waals surface area contributed by atoms with Gasteiger partial charge in [0.25, 0.3) is 0 Å². The van der Waals surface area contributed by atoms with E-state index in [1.807, 2.05) is 24.3 Å². The van der Waals surface area contributed by atoms with Gasteiger partial charge in [-0.1, -0.05) is 24.3 Å². The fourth-order valence-corrected chi connectivity index (χ4v) is 4.95. The minimum Gasteiger partial charge on any atom is -0.369 e. The number of benzene rings is 2. The van der Waals surface area contributed by atoms with E-state index in [9.17, 15) is 8.42 Å². The summed E-state index contributed by atoms with van der Waals surface area (Å²) in [6.45, 7) is 3.60. The summed E-state index contributed by atoms with van der Waals surface area (Å²) in [5.41, 5.74) is 3.80. The molecule has 0 saturated carbocycles. The minimum absolute atomic E-state index is 0.255. The average Bonchev–Trinajstić information content (AvgIpc) is 3.34. The predicted octanol–water partition coefficient (Wildman–Crippen LogP) is 3.82. The lowest BCUT2D eigenvalue weighted by atomic mass is 10.2. The van der Waals surface area contributed by atoms with E-state index in [0.29, 0.717) is 23.6 Å². The van der Waals surface area contributed by atoms with Gasteiger partial charge in [-0.3, -0.25) is 4.31 Å². The number of nitrogens with one attached hydrogen (secondary N) is 2. The molecule has 0 radical (unpaired) electrons. The van der Waals surface area contributed by atoms with Gasteiger partial charge in [0.1, 0.15) is 11.6 Å². The second-order valence-electron chi connectivity index (χ2n) is 9.31. The lowest BCUT2D eigenvalue weighted by Gasteiger charge is -2.34. The molecule has 5 rings (SSSR count). The van der Waals surface area contributed by atoms with Crippen molar-refractivity contribution in [3.63, 3.8) is 0 Å². The molecule has 1 saturated heterocycles. The van der Waals surface area contributed by atoms with E-state index in [-0.39, 0.29) is 17.5 Å². The van der Waals surface area contributed by atoms with Crippen LogP contribution in [-0.4, -0.2) is 69.8 Å². The van der Waals surface area contributed by atoms with Crippen molar-refractivity contribution < 1.29 is 12.8 Å². The first kappa shape index (κ1) is 25.0.